The second-order valence-corrected chi connectivity index (χ2v) is 12.3. The van der Waals surface area contributed by atoms with Crippen LogP contribution in [0.15, 0.2) is 60.7 Å². The van der Waals surface area contributed by atoms with Crippen molar-refractivity contribution in [3.05, 3.63) is 60.7 Å². The normalized spacial score (nSPS) is 21.6. The Kier molecular flexibility index (Phi) is 4.38. The van der Waals surface area contributed by atoms with Crippen LogP contribution in [0.1, 0.15) is 37.7 Å². The van der Waals surface area contributed by atoms with Crippen LogP contribution in [0.2, 0.25) is 5.04 Å². The van der Waals surface area contributed by atoms with E-state index in [1.165, 1.54) is 10.4 Å². The molecule has 0 radical (unpaired) electrons. The van der Waals surface area contributed by atoms with E-state index in [2.05, 4.69) is 69.3 Å². The van der Waals surface area contributed by atoms with Crippen LogP contribution in [-0.4, -0.2) is 39.4 Å². The van der Waals surface area contributed by atoms with E-state index in [-0.39, 0.29) is 11.1 Å². The molecule has 0 aliphatic carbocycles. The van der Waals surface area contributed by atoms with Crippen LogP contribution < -0.4 is 10.4 Å². The molecule has 0 amide bonds. The van der Waals surface area contributed by atoms with E-state index in [1.54, 1.807) is 4.90 Å². The summed E-state index contributed by atoms with van der Waals surface area (Å²) in [5.74, 6) is 0. The first kappa shape index (κ1) is 14.7. The van der Waals surface area contributed by atoms with Gasteiger partial charge in [0.05, 0.1) is 6.61 Å². The molecule has 0 saturated carbocycles. The minimum atomic E-state index is -2.62. The third-order valence-corrected chi connectivity index (χ3v) is 10.3. The number of likely N-dealkylation sites (N-methyl/N-ethyl adjacent to an activating group) is 1. The number of rotatable bonds is 5. The van der Waals surface area contributed by atoms with Crippen LogP contribution in [0, 0.1) is 0 Å². The van der Waals surface area contributed by atoms with Crippen molar-refractivity contribution in [2.45, 2.75) is 44.7 Å². The summed E-state index contributed by atoms with van der Waals surface area (Å²) in [5, 5.41) is 2.36. The highest BCUT2D eigenvalue weighted by molar-refractivity contribution is 6.99. The van der Waals surface area contributed by atoms with Gasteiger partial charge in [0.15, 0.2) is 0 Å². The Labute approximate surface area is 158 Å². The number of hydrogen-bond donors (Lipinski definition) is 0. The third kappa shape index (κ3) is 3.59. The summed E-state index contributed by atoms with van der Waals surface area (Å²) in [7, 11) is -2.62. The van der Waals surface area contributed by atoms with Gasteiger partial charge in [0.25, 0.3) is 8.32 Å². The van der Waals surface area contributed by atoms with Crippen LogP contribution in [0.4, 0.5) is 0 Å². The molecular formula is C22H31NOSi. The van der Waals surface area contributed by atoms with Gasteiger partial charge in [0.1, 0.15) is 0 Å². The first-order valence-corrected chi connectivity index (χ1v) is 11.1. The van der Waals surface area contributed by atoms with Crippen LogP contribution in [0.5, 0.6) is 0 Å². The average Bonchev–Trinajstić information content (AvgIpc) is 3.12. The molecule has 134 valence electrons. The van der Waals surface area contributed by atoms with Gasteiger partial charge in [-0.25, -0.2) is 0 Å². The Morgan fingerprint density at radius 1 is 1.04 bits per heavy atom. The maximum absolute atomic E-state index is 7.86. The molecule has 25 heavy (non-hydrogen) atoms. The molecule has 0 bridgehead atoms. The zero-order chi connectivity index (χ0) is 20.4. The molecule has 3 heteroatoms. The maximum atomic E-state index is 7.86. The van der Waals surface area contributed by atoms with E-state index >= 15 is 0 Å². The molecule has 2 nitrogen and oxygen atoms in total. The predicted octanol–water partition coefficient (Wildman–Crippen LogP) is 3.66. The van der Waals surface area contributed by atoms with Crippen molar-refractivity contribution >= 4 is 18.7 Å². The van der Waals surface area contributed by atoms with Crippen LogP contribution in [-0.2, 0) is 4.43 Å². The number of benzene rings is 2. The van der Waals surface area contributed by atoms with Gasteiger partial charge in [-0.05, 0) is 41.8 Å². The molecule has 1 saturated heterocycles. The lowest BCUT2D eigenvalue weighted by molar-refractivity contribution is 0.189. The lowest BCUT2D eigenvalue weighted by atomic mass is 10.2. The number of hydrogen-bond acceptors (Lipinski definition) is 2. The van der Waals surface area contributed by atoms with E-state index in [4.69, 9.17) is 8.54 Å². The molecule has 2 aromatic rings. The fourth-order valence-corrected chi connectivity index (χ4v) is 8.59. The van der Waals surface area contributed by atoms with Crippen molar-refractivity contribution in [2.75, 3.05) is 20.1 Å². The molecule has 1 unspecified atom stereocenters. The van der Waals surface area contributed by atoms with Crippen molar-refractivity contribution in [1.29, 1.82) is 0 Å². The minimum absolute atomic E-state index is 0.0610. The predicted molar refractivity (Wildman–Crippen MR) is 109 cm³/mol. The summed E-state index contributed by atoms with van der Waals surface area (Å²) in [4.78, 5) is 1.64. The molecule has 0 spiro atoms. The Morgan fingerprint density at radius 2 is 1.60 bits per heavy atom. The largest absolute Gasteiger partial charge is 0.406 e. The zero-order valence-electron chi connectivity index (χ0n) is 18.5. The Bertz CT molecular complexity index is 719. The topological polar surface area (TPSA) is 12.5 Å². The lowest BCUT2D eigenvalue weighted by Gasteiger charge is -2.44. The van der Waals surface area contributed by atoms with Crippen molar-refractivity contribution in [1.82, 2.24) is 4.90 Å². The van der Waals surface area contributed by atoms with Crippen molar-refractivity contribution in [2.24, 2.45) is 0 Å². The summed E-state index contributed by atoms with van der Waals surface area (Å²) in [6.45, 7) is 5.74. The zero-order valence-corrected chi connectivity index (χ0v) is 16.5. The van der Waals surface area contributed by atoms with Gasteiger partial charge in [-0.1, -0.05) is 81.4 Å². The molecule has 0 aromatic heterocycles. The SMILES string of the molecule is [2H]C([2H])([2H])N1CCCC1CO[Si](c1ccccc1)(c1ccccc1)C(C)(C)C. The lowest BCUT2D eigenvalue weighted by Crippen LogP contribution is -2.67. The van der Waals surface area contributed by atoms with Crippen LogP contribution >= 0.6 is 0 Å². The molecular weight excluding hydrogens is 322 g/mol. The number of likely N-dealkylation sites (tertiary alicyclic amines) is 1. The van der Waals surface area contributed by atoms with Gasteiger partial charge in [-0.2, -0.15) is 0 Å². The maximum Gasteiger partial charge on any atom is 0.261 e. The fourth-order valence-electron chi connectivity index (χ4n) is 3.99. The van der Waals surface area contributed by atoms with Gasteiger partial charge in [-0.3, -0.25) is 0 Å². The van der Waals surface area contributed by atoms with E-state index in [9.17, 15) is 0 Å². The second-order valence-electron chi connectivity index (χ2n) is 7.96. The standard InChI is InChI=1S/C22H31NOSi/c1-22(2,3)25(20-13-7-5-8-14-20,21-15-9-6-10-16-21)24-18-19-12-11-17-23(19)4/h5-10,13-16,19H,11-12,17-18H2,1-4H3/i4D3. The Balaban J connectivity index is 2.02. The molecule has 2 aromatic carbocycles. The minimum Gasteiger partial charge on any atom is -0.406 e. The summed E-state index contributed by atoms with van der Waals surface area (Å²) >= 11 is 0. The van der Waals surface area contributed by atoms with Gasteiger partial charge in [0, 0.05) is 10.2 Å². The van der Waals surface area contributed by atoms with Crippen molar-refractivity contribution < 1.29 is 8.54 Å². The summed E-state index contributed by atoms with van der Waals surface area (Å²) in [6, 6.07) is 20.9. The number of nitrogens with zero attached hydrogens (tertiary/aromatic N) is 1. The molecule has 3 rings (SSSR count). The first-order valence-electron chi connectivity index (χ1n) is 10.7. The highest BCUT2D eigenvalue weighted by Crippen LogP contribution is 2.37. The van der Waals surface area contributed by atoms with E-state index in [0.29, 0.717) is 13.2 Å². The van der Waals surface area contributed by atoms with E-state index in [1.807, 2.05) is 12.1 Å². The summed E-state index contributed by atoms with van der Waals surface area (Å²) in [5.41, 5.74) is 0. The van der Waals surface area contributed by atoms with Gasteiger partial charge < -0.3 is 9.33 Å². The quantitative estimate of drug-likeness (QED) is 0.758. The van der Waals surface area contributed by atoms with E-state index < -0.39 is 15.3 Å². The molecule has 1 fully saturated rings. The molecule has 1 heterocycles. The van der Waals surface area contributed by atoms with Gasteiger partial charge in [0.2, 0.25) is 0 Å². The monoisotopic (exact) mass is 356 g/mol. The second kappa shape index (κ2) is 7.44. The van der Waals surface area contributed by atoms with Crippen LogP contribution in [0.3, 0.4) is 0 Å². The van der Waals surface area contributed by atoms with Crippen molar-refractivity contribution in [3.63, 3.8) is 0 Å². The molecule has 1 aliphatic heterocycles. The van der Waals surface area contributed by atoms with Crippen molar-refractivity contribution in [3.8, 4) is 0 Å². The highest BCUT2D eigenvalue weighted by Gasteiger charge is 2.50. The fraction of sp³-hybridized carbons (Fsp3) is 0.455. The third-order valence-electron chi connectivity index (χ3n) is 5.29. The summed E-state index contributed by atoms with van der Waals surface area (Å²) in [6.07, 6.45) is 1.78. The molecule has 1 aliphatic rings. The molecule has 0 N–H and O–H groups in total. The van der Waals surface area contributed by atoms with Gasteiger partial charge >= 0.3 is 0 Å². The molecule has 1 atom stereocenters. The van der Waals surface area contributed by atoms with E-state index in [0.717, 1.165) is 12.8 Å². The first-order chi connectivity index (χ1) is 13.2. The smallest absolute Gasteiger partial charge is 0.261 e. The Morgan fingerprint density at radius 3 is 2.08 bits per heavy atom. The van der Waals surface area contributed by atoms with Gasteiger partial charge in [-0.15, -0.1) is 0 Å². The Hall–Kier alpha value is -1.42. The average molecular weight is 357 g/mol. The summed E-state index contributed by atoms with van der Waals surface area (Å²) < 4.78 is 30.5. The van der Waals surface area contributed by atoms with Crippen LogP contribution in [0.25, 0.3) is 0 Å². The highest BCUT2D eigenvalue weighted by atomic mass is 28.4.